The molecule has 0 radical (unpaired) electrons. The number of ether oxygens (including phenoxy) is 1. The number of carbonyl (C=O) groups excluding carboxylic acids is 1. The summed E-state index contributed by atoms with van der Waals surface area (Å²) < 4.78 is 27.9. The Morgan fingerprint density at radius 2 is 1.92 bits per heavy atom. The first kappa shape index (κ1) is 19.3. The number of nitro groups is 1. The van der Waals surface area contributed by atoms with Crippen LogP contribution in [0.25, 0.3) is 0 Å². The van der Waals surface area contributed by atoms with Gasteiger partial charge in [0.15, 0.2) is 6.04 Å². The van der Waals surface area contributed by atoms with Gasteiger partial charge in [-0.05, 0) is 24.6 Å². The van der Waals surface area contributed by atoms with E-state index in [4.69, 9.17) is 9.88 Å². The zero-order valence-electron chi connectivity index (χ0n) is 13.8. The fourth-order valence-electron chi connectivity index (χ4n) is 2.27. The number of nitrogens with two attached hydrogens (primary N) is 1. The molecule has 0 aromatic heterocycles. The molecule has 138 valence electrons. The molecule has 0 bridgehead atoms. The lowest BCUT2D eigenvalue weighted by atomic mass is 10.1. The molecule has 3 N–H and O–H groups in total. The second kappa shape index (κ2) is 7.93. The Labute approximate surface area is 150 Å². The highest BCUT2D eigenvalue weighted by Crippen LogP contribution is 2.31. The first-order chi connectivity index (χ1) is 12.2. The predicted octanol–water partition coefficient (Wildman–Crippen LogP) is 1.96. The maximum absolute atomic E-state index is 12.3. The van der Waals surface area contributed by atoms with Crippen molar-refractivity contribution in [3.8, 4) is 0 Å². The molecule has 1 atom stereocenters. The molecule has 0 heterocycles. The van der Waals surface area contributed by atoms with E-state index < -0.39 is 37.5 Å². The lowest BCUT2D eigenvalue weighted by Crippen LogP contribution is -2.24. The number of nitrogens with one attached hydrogen (secondary N) is 1. The fourth-order valence-corrected chi connectivity index (χ4v) is 2.80. The van der Waals surface area contributed by atoms with Crippen molar-refractivity contribution in [2.75, 3.05) is 11.9 Å². The van der Waals surface area contributed by atoms with Crippen molar-refractivity contribution in [3.63, 3.8) is 0 Å². The molecule has 26 heavy (non-hydrogen) atoms. The van der Waals surface area contributed by atoms with Gasteiger partial charge in [-0.3, -0.25) is 10.1 Å². The largest absolute Gasteiger partial charge is 0.464 e. The summed E-state index contributed by atoms with van der Waals surface area (Å²) in [5.41, 5.74) is -0.0261. The van der Waals surface area contributed by atoms with Crippen LogP contribution in [0.1, 0.15) is 18.5 Å². The third-order valence-corrected chi connectivity index (χ3v) is 4.36. The molecule has 0 aliphatic rings. The van der Waals surface area contributed by atoms with Crippen molar-refractivity contribution in [2.45, 2.75) is 17.9 Å². The number of primary sulfonamides is 1. The summed E-state index contributed by atoms with van der Waals surface area (Å²) in [5.74, 6) is -0.622. The molecule has 0 aliphatic heterocycles. The first-order valence-corrected chi connectivity index (χ1v) is 9.08. The Bertz CT molecular complexity index is 915. The zero-order chi connectivity index (χ0) is 19.3. The van der Waals surface area contributed by atoms with Gasteiger partial charge in [-0.25, -0.2) is 18.4 Å². The van der Waals surface area contributed by atoms with Crippen LogP contribution in [-0.4, -0.2) is 25.9 Å². The summed E-state index contributed by atoms with van der Waals surface area (Å²) in [5, 5.41) is 19.1. The topological polar surface area (TPSA) is 142 Å². The predicted molar refractivity (Wildman–Crippen MR) is 93.9 cm³/mol. The standard InChI is InChI=1S/C16H17N3O6S/c1-2-25-16(20)15(11-6-4-3-5-7-11)18-13-9-8-12(26(17,23)24)10-14(13)19(21)22/h3-10,15,18H,2H2,1H3,(H2,17,23,24)/t15-/m0/s1. The van der Waals surface area contributed by atoms with Gasteiger partial charge in [0, 0.05) is 6.07 Å². The van der Waals surface area contributed by atoms with Crippen molar-refractivity contribution in [1.82, 2.24) is 0 Å². The number of hydrogen-bond acceptors (Lipinski definition) is 7. The van der Waals surface area contributed by atoms with Gasteiger partial charge < -0.3 is 10.1 Å². The lowest BCUT2D eigenvalue weighted by Gasteiger charge is -2.19. The van der Waals surface area contributed by atoms with E-state index >= 15 is 0 Å². The number of esters is 1. The molecule has 2 rings (SSSR count). The third-order valence-electron chi connectivity index (χ3n) is 3.45. The molecular weight excluding hydrogens is 362 g/mol. The van der Waals surface area contributed by atoms with Gasteiger partial charge in [-0.2, -0.15) is 0 Å². The van der Waals surface area contributed by atoms with Crippen LogP contribution in [-0.2, 0) is 19.6 Å². The Morgan fingerprint density at radius 1 is 1.27 bits per heavy atom. The summed E-state index contributed by atoms with van der Waals surface area (Å²) in [4.78, 5) is 22.5. The number of benzene rings is 2. The number of sulfonamides is 1. The molecule has 0 aliphatic carbocycles. The maximum Gasteiger partial charge on any atom is 0.333 e. The highest BCUT2D eigenvalue weighted by atomic mass is 32.2. The Morgan fingerprint density at radius 3 is 2.46 bits per heavy atom. The molecule has 9 nitrogen and oxygen atoms in total. The van der Waals surface area contributed by atoms with Crippen LogP contribution in [0, 0.1) is 10.1 Å². The summed E-state index contributed by atoms with van der Waals surface area (Å²) in [7, 11) is -4.11. The monoisotopic (exact) mass is 379 g/mol. The number of nitro benzene ring substituents is 1. The average Bonchev–Trinajstić information content (AvgIpc) is 2.59. The van der Waals surface area contributed by atoms with Crippen molar-refractivity contribution in [3.05, 3.63) is 64.2 Å². The van der Waals surface area contributed by atoms with E-state index in [1.54, 1.807) is 37.3 Å². The van der Waals surface area contributed by atoms with E-state index in [9.17, 15) is 23.3 Å². The van der Waals surface area contributed by atoms with Crippen LogP contribution < -0.4 is 10.5 Å². The van der Waals surface area contributed by atoms with Crippen LogP contribution in [0.4, 0.5) is 11.4 Å². The highest BCUT2D eigenvalue weighted by Gasteiger charge is 2.26. The average molecular weight is 379 g/mol. The maximum atomic E-state index is 12.3. The molecule has 0 spiro atoms. The van der Waals surface area contributed by atoms with E-state index in [-0.39, 0.29) is 12.3 Å². The number of nitrogens with zero attached hydrogens (tertiary/aromatic N) is 1. The van der Waals surface area contributed by atoms with E-state index in [0.717, 1.165) is 12.1 Å². The molecule has 0 unspecified atom stereocenters. The molecule has 10 heteroatoms. The molecule has 0 fully saturated rings. The number of hydrogen-bond donors (Lipinski definition) is 2. The first-order valence-electron chi connectivity index (χ1n) is 7.53. The second-order valence-electron chi connectivity index (χ2n) is 5.22. The molecule has 0 amide bonds. The second-order valence-corrected chi connectivity index (χ2v) is 6.78. The van der Waals surface area contributed by atoms with Crippen LogP contribution in [0.2, 0.25) is 0 Å². The van der Waals surface area contributed by atoms with Crippen molar-refractivity contribution < 1.29 is 22.9 Å². The van der Waals surface area contributed by atoms with Gasteiger partial charge in [0.25, 0.3) is 5.69 Å². The summed E-state index contributed by atoms with van der Waals surface area (Å²) in [6.07, 6.45) is 0. The fraction of sp³-hybridized carbons (Fsp3) is 0.188. The van der Waals surface area contributed by atoms with Gasteiger partial charge >= 0.3 is 5.97 Å². The highest BCUT2D eigenvalue weighted by molar-refractivity contribution is 7.89. The van der Waals surface area contributed by atoms with E-state index in [1.165, 1.54) is 6.07 Å². The number of rotatable bonds is 7. The Balaban J connectivity index is 2.48. The van der Waals surface area contributed by atoms with Gasteiger partial charge in [-0.1, -0.05) is 30.3 Å². The van der Waals surface area contributed by atoms with Crippen LogP contribution in [0.5, 0.6) is 0 Å². The van der Waals surface area contributed by atoms with E-state index in [0.29, 0.717) is 5.56 Å². The van der Waals surface area contributed by atoms with Crippen molar-refractivity contribution in [1.29, 1.82) is 0 Å². The van der Waals surface area contributed by atoms with Crippen LogP contribution in [0.3, 0.4) is 0 Å². The van der Waals surface area contributed by atoms with Crippen LogP contribution in [0.15, 0.2) is 53.4 Å². The lowest BCUT2D eigenvalue weighted by molar-refractivity contribution is -0.384. The van der Waals surface area contributed by atoms with Gasteiger partial charge in [0.05, 0.1) is 16.4 Å². The normalized spacial score (nSPS) is 12.2. The summed E-state index contributed by atoms with van der Waals surface area (Å²) >= 11 is 0. The Kier molecular flexibility index (Phi) is 5.90. The molecule has 2 aromatic carbocycles. The smallest absolute Gasteiger partial charge is 0.333 e. The molecule has 2 aromatic rings. The van der Waals surface area contributed by atoms with Crippen molar-refractivity contribution >= 4 is 27.4 Å². The summed E-state index contributed by atoms with van der Waals surface area (Å²) in [6.45, 7) is 1.78. The number of carbonyl (C=O) groups is 1. The Hall–Kier alpha value is -2.98. The van der Waals surface area contributed by atoms with Gasteiger partial charge in [-0.15, -0.1) is 0 Å². The third kappa shape index (κ3) is 4.55. The summed E-state index contributed by atoms with van der Waals surface area (Å²) in [6, 6.07) is 10.7. The zero-order valence-corrected chi connectivity index (χ0v) is 14.6. The van der Waals surface area contributed by atoms with Gasteiger partial charge in [0.1, 0.15) is 5.69 Å². The van der Waals surface area contributed by atoms with Crippen LogP contribution >= 0.6 is 0 Å². The van der Waals surface area contributed by atoms with Gasteiger partial charge in [0.2, 0.25) is 10.0 Å². The minimum Gasteiger partial charge on any atom is -0.464 e. The van der Waals surface area contributed by atoms with E-state index in [2.05, 4.69) is 5.32 Å². The molecule has 0 saturated heterocycles. The molecule has 0 saturated carbocycles. The van der Waals surface area contributed by atoms with E-state index in [1.807, 2.05) is 0 Å². The SMILES string of the molecule is CCOC(=O)[C@@H](Nc1ccc(S(N)(=O)=O)cc1[N+](=O)[O-])c1ccccc1. The quantitative estimate of drug-likeness (QED) is 0.425. The minimum absolute atomic E-state index is 0.0377. The minimum atomic E-state index is -4.11. The van der Waals surface area contributed by atoms with Crippen molar-refractivity contribution in [2.24, 2.45) is 5.14 Å². The molecular formula is C16H17N3O6S. The number of anilines is 1.